The van der Waals surface area contributed by atoms with Crippen molar-refractivity contribution in [3.8, 4) is 17.6 Å². The molecule has 0 heterocycles. The molecule has 0 aromatic heterocycles. The van der Waals surface area contributed by atoms with E-state index in [2.05, 4.69) is 37.8 Å². The summed E-state index contributed by atoms with van der Waals surface area (Å²) in [6, 6.07) is 9.70. The Bertz CT molecular complexity index is 1110. The van der Waals surface area contributed by atoms with Gasteiger partial charge in [0.2, 0.25) is 0 Å². The molecule has 0 fully saturated rings. The van der Waals surface area contributed by atoms with Crippen molar-refractivity contribution in [1.82, 2.24) is 5.32 Å². The van der Waals surface area contributed by atoms with Crippen LogP contribution in [0.1, 0.15) is 31.9 Å². The number of carbonyl (C=O) groups excluding carboxylic acids is 1. The molecule has 166 valence electrons. The lowest BCUT2D eigenvalue weighted by Gasteiger charge is -2.19. The second-order valence-corrected chi connectivity index (χ2v) is 10.1. The van der Waals surface area contributed by atoms with Gasteiger partial charge in [-0.25, -0.2) is 13.2 Å². The molecular weight excluding hydrogens is 484 g/mol. The van der Waals surface area contributed by atoms with Gasteiger partial charge in [0.25, 0.3) is 10.0 Å². The third kappa shape index (κ3) is 7.49. The molecule has 31 heavy (non-hydrogen) atoms. The number of nitrogens with one attached hydrogen (secondary N) is 2. The number of hydrogen-bond donors (Lipinski definition) is 2. The predicted molar refractivity (Wildman–Crippen MR) is 124 cm³/mol. The summed E-state index contributed by atoms with van der Waals surface area (Å²) in [5.41, 5.74) is 1.01. The first-order valence-electron chi connectivity index (χ1n) is 9.34. The largest absolute Gasteiger partial charge is 0.495 e. The molecule has 2 aromatic carbocycles. The second-order valence-electron chi connectivity index (χ2n) is 7.61. The predicted octanol–water partition coefficient (Wildman–Crippen LogP) is 4.44. The van der Waals surface area contributed by atoms with Crippen LogP contribution in [0, 0.1) is 18.8 Å². The first kappa shape index (κ1) is 24.6. The Balaban J connectivity index is 2.28. The summed E-state index contributed by atoms with van der Waals surface area (Å²) in [5, 5.41) is 2.54. The Morgan fingerprint density at radius 3 is 2.39 bits per heavy atom. The van der Waals surface area contributed by atoms with Gasteiger partial charge in [0.15, 0.2) is 0 Å². The fraction of sp³-hybridized carbons (Fsp3) is 0.318. The van der Waals surface area contributed by atoms with E-state index in [0.29, 0.717) is 15.8 Å². The lowest BCUT2D eigenvalue weighted by Crippen LogP contribution is -2.32. The quantitative estimate of drug-likeness (QED) is 0.582. The van der Waals surface area contributed by atoms with Gasteiger partial charge in [-0.3, -0.25) is 4.72 Å². The normalized spacial score (nSPS) is 11.2. The number of halogens is 1. The van der Waals surface area contributed by atoms with E-state index in [0.717, 1.165) is 5.56 Å². The standard InChI is InChI=1S/C22H25BrN2O5S/c1-15-8-10-17(11-9-15)31(27,28)25-19-14-20(29-5)18(23)13-16(19)7-6-12-24-21(26)30-22(2,3)4/h8-11,13-14,25H,12H2,1-5H3,(H,24,26). The lowest BCUT2D eigenvalue weighted by atomic mass is 10.2. The molecule has 2 rings (SSSR count). The van der Waals surface area contributed by atoms with Gasteiger partial charge in [-0.15, -0.1) is 0 Å². The second kappa shape index (κ2) is 10.1. The summed E-state index contributed by atoms with van der Waals surface area (Å²) in [5.74, 6) is 6.12. The zero-order valence-corrected chi connectivity index (χ0v) is 20.4. The number of rotatable bonds is 5. The molecule has 0 bridgehead atoms. The third-order valence-electron chi connectivity index (χ3n) is 3.81. The summed E-state index contributed by atoms with van der Waals surface area (Å²) in [6.07, 6.45) is -0.585. The molecule has 0 saturated carbocycles. The zero-order chi connectivity index (χ0) is 23.2. The molecule has 0 aliphatic heterocycles. The van der Waals surface area contributed by atoms with E-state index in [1.54, 1.807) is 45.0 Å². The number of aryl methyl sites for hydroxylation is 1. The first-order chi connectivity index (χ1) is 14.4. The SMILES string of the molecule is COc1cc(NS(=O)(=O)c2ccc(C)cc2)c(C#CCNC(=O)OC(C)(C)C)cc1Br. The van der Waals surface area contributed by atoms with E-state index in [1.807, 2.05) is 6.92 Å². The van der Waals surface area contributed by atoms with E-state index < -0.39 is 21.7 Å². The number of amides is 1. The minimum Gasteiger partial charge on any atom is -0.495 e. The van der Waals surface area contributed by atoms with Crippen LogP contribution >= 0.6 is 15.9 Å². The summed E-state index contributed by atoms with van der Waals surface area (Å²) in [6.45, 7) is 7.20. The van der Waals surface area contributed by atoms with Gasteiger partial charge >= 0.3 is 6.09 Å². The molecule has 0 atom stereocenters. The summed E-state index contributed by atoms with van der Waals surface area (Å²) in [7, 11) is -2.35. The van der Waals surface area contributed by atoms with Crippen LogP contribution in [0.15, 0.2) is 45.8 Å². The third-order valence-corrected chi connectivity index (χ3v) is 5.81. The average molecular weight is 509 g/mol. The number of ether oxygens (including phenoxy) is 2. The van der Waals surface area contributed by atoms with Gasteiger partial charge in [-0.2, -0.15) is 0 Å². The molecule has 0 aliphatic rings. The molecule has 9 heteroatoms. The maximum atomic E-state index is 12.8. The Kier molecular flexibility index (Phi) is 7.98. The van der Waals surface area contributed by atoms with E-state index in [9.17, 15) is 13.2 Å². The number of anilines is 1. The number of alkyl carbamates (subject to hydrolysis) is 1. The number of carbonyl (C=O) groups is 1. The highest BCUT2D eigenvalue weighted by Gasteiger charge is 2.18. The molecule has 1 amide bonds. The minimum atomic E-state index is -3.83. The number of methoxy groups -OCH3 is 1. The average Bonchev–Trinajstić information content (AvgIpc) is 2.65. The molecule has 0 spiro atoms. The molecule has 2 N–H and O–H groups in total. The fourth-order valence-corrected chi connectivity index (χ4v) is 3.96. The van der Waals surface area contributed by atoms with Gasteiger partial charge in [0.05, 0.1) is 34.3 Å². The topological polar surface area (TPSA) is 93.7 Å². The van der Waals surface area contributed by atoms with Gasteiger partial charge in [0.1, 0.15) is 11.4 Å². The van der Waals surface area contributed by atoms with Crippen LogP contribution in [0.25, 0.3) is 0 Å². The van der Waals surface area contributed by atoms with Gasteiger partial charge in [0, 0.05) is 6.07 Å². The maximum absolute atomic E-state index is 12.8. The molecule has 0 aliphatic carbocycles. The molecule has 2 aromatic rings. The van der Waals surface area contributed by atoms with Crippen molar-refractivity contribution in [2.24, 2.45) is 0 Å². The van der Waals surface area contributed by atoms with Crippen molar-refractivity contribution in [3.63, 3.8) is 0 Å². The van der Waals surface area contributed by atoms with Crippen molar-refractivity contribution in [2.45, 2.75) is 38.2 Å². The van der Waals surface area contributed by atoms with Gasteiger partial charge in [-0.05, 0) is 61.8 Å². The van der Waals surface area contributed by atoms with Gasteiger partial charge < -0.3 is 14.8 Å². The van der Waals surface area contributed by atoms with Crippen molar-refractivity contribution in [1.29, 1.82) is 0 Å². The van der Waals surface area contributed by atoms with E-state index in [4.69, 9.17) is 9.47 Å². The minimum absolute atomic E-state index is 0.0305. The Hall–Kier alpha value is -2.70. The van der Waals surface area contributed by atoms with Crippen LogP contribution in [-0.2, 0) is 14.8 Å². The summed E-state index contributed by atoms with van der Waals surface area (Å²) >= 11 is 3.38. The molecular formula is C22H25BrN2O5S. The smallest absolute Gasteiger partial charge is 0.408 e. The highest BCUT2D eigenvalue weighted by atomic mass is 79.9. The van der Waals surface area contributed by atoms with Crippen molar-refractivity contribution >= 4 is 37.7 Å². The van der Waals surface area contributed by atoms with Crippen molar-refractivity contribution in [3.05, 3.63) is 52.0 Å². The van der Waals surface area contributed by atoms with Crippen LogP contribution in [0.5, 0.6) is 5.75 Å². The highest BCUT2D eigenvalue weighted by Crippen LogP contribution is 2.32. The Morgan fingerprint density at radius 1 is 1.16 bits per heavy atom. The molecule has 7 nitrogen and oxygen atoms in total. The Morgan fingerprint density at radius 2 is 1.81 bits per heavy atom. The number of sulfonamides is 1. The van der Waals surface area contributed by atoms with Crippen LogP contribution < -0.4 is 14.8 Å². The summed E-state index contributed by atoms with van der Waals surface area (Å²) < 4.78 is 39.2. The van der Waals surface area contributed by atoms with Gasteiger partial charge in [-0.1, -0.05) is 29.5 Å². The van der Waals surface area contributed by atoms with Crippen LogP contribution in [0.2, 0.25) is 0 Å². The lowest BCUT2D eigenvalue weighted by molar-refractivity contribution is 0.0535. The zero-order valence-electron chi connectivity index (χ0n) is 18.0. The molecule has 0 radical (unpaired) electrons. The van der Waals surface area contributed by atoms with Crippen LogP contribution in [-0.4, -0.2) is 33.8 Å². The maximum Gasteiger partial charge on any atom is 0.408 e. The van der Waals surface area contributed by atoms with Crippen molar-refractivity contribution < 1.29 is 22.7 Å². The van der Waals surface area contributed by atoms with E-state index >= 15 is 0 Å². The fourth-order valence-electron chi connectivity index (χ4n) is 2.39. The first-order valence-corrected chi connectivity index (χ1v) is 11.6. The highest BCUT2D eigenvalue weighted by molar-refractivity contribution is 9.10. The monoisotopic (exact) mass is 508 g/mol. The van der Waals surface area contributed by atoms with Crippen molar-refractivity contribution in [2.75, 3.05) is 18.4 Å². The van der Waals surface area contributed by atoms with E-state index in [1.165, 1.54) is 19.2 Å². The van der Waals surface area contributed by atoms with E-state index in [-0.39, 0.29) is 17.1 Å². The van der Waals surface area contributed by atoms with Crippen LogP contribution in [0.4, 0.5) is 10.5 Å². The number of benzene rings is 2. The van der Waals surface area contributed by atoms with Crippen LogP contribution in [0.3, 0.4) is 0 Å². The Labute approximate surface area is 191 Å². The summed E-state index contributed by atoms with van der Waals surface area (Å²) in [4.78, 5) is 11.9. The number of hydrogen-bond acceptors (Lipinski definition) is 5. The molecule has 0 saturated heterocycles. The molecule has 0 unspecified atom stereocenters.